The first-order valence-corrected chi connectivity index (χ1v) is 4.78. The standard InChI is InChI=1S/C9H13NO2.C2H4O2/c10-8(6-11)9(12)7-4-2-1-3-5-7;1-2(3)4/h1-5,8-9,11-12H,6,10H2;1H3,(H,3,4). The summed E-state index contributed by atoms with van der Waals surface area (Å²) in [5, 5.41) is 25.6. The number of carboxylic acids is 1. The number of aliphatic hydroxyl groups is 2. The predicted molar refractivity (Wildman–Crippen MR) is 59.8 cm³/mol. The maximum absolute atomic E-state index is 9.50. The van der Waals surface area contributed by atoms with Gasteiger partial charge in [-0.2, -0.15) is 0 Å². The van der Waals surface area contributed by atoms with Crippen LogP contribution in [0.15, 0.2) is 30.3 Å². The first-order valence-electron chi connectivity index (χ1n) is 4.78. The Labute approximate surface area is 94.1 Å². The second-order valence-corrected chi connectivity index (χ2v) is 3.22. The number of hydrogen-bond donors (Lipinski definition) is 4. The van der Waals surface area contributed by atoms with Crippen LogP contribution in [-0.4, -0.2) is 33.9 Å². The third-order valence-corrected chi connectivity index (χ3v) is 1.76. The topological polar surface area (TPSA) is 104 Å². The Balaban J connectivity index is 0.000000487. The summed E-state index contributed by atoms with van der Waals surface area (Å²) in [4.78, 5) is 9.00. The van der Waals surface area contributed by atoms with Crippen molar-refractivity contribution >= 4 is 5.97 Å². The lowest BCUT2D eigenvalue weighted by molar-refractivity contribution is -0.134. The van der Waals surface area contributed by atoms with E-state index in [0.29, 0.717) is 0 Å². The van der Waals surface area contributed by atoms with Gasteiger partial charge in [-0.1, -0.05) is 30.3 Å². The number of nitrogens with two attached hydrogens (primary N) is 1. The second kappa shape index (κ2) is 7.81. The van der Waals surface area contributed by atoms with Gasteiger partial charge in [-0.3, -0.25) is 4.79 Å². The van der Waals surface area contributed by atoms with Crippen molar-refractivity contribution in [3.05, 3.63) is 35.9 Å². The zero-order chi connectivity index (χ0) is 12.6. The van der Waals surface area contributed by atoms with Gasteiger partial charge in [-0.05, 0) is 5.56 Å². The maximum atomic E-state index is 9.50. The lowest BCUT2D eigenvalue weighted by Gasteiger charge is -2.16. The Bertz CT molecular complexity index is 298. The van der Waals surface area contributed by atoms with E-state index in [-0.39, 0.29) is 6.61 Å². The summed E-state index contributed by atoms with van der Waals surface area (Å²) < 4.78 is 0. The number of rotatable bonds is 3. The van der Waals surface area contributed by atoms with Gasteiger partial charge in [0.1, 0.15) is 0 Å². The molecule has 5 nitrogen and oxygen atoms in total. The van der Waals surface area contributed by atoms with Crippen LogP contribution in [0.2, 0.25) is 0 Å². The lowest BCUT2D eigenvalue weighted by atomic mass is 10.0. The van der Waals surface area contributed by atoms with Gasteiger partial charge in [0, 0.05) is 6.92 Å². The summed E-state index contributed by atoms with van der Waals surface area (Å²) in [6, 6.07) is 8.46. The van der Waals surface area contributed by atoms with Crippen molar-refractivity contribution in [1.82, 2.24) is 0 Å². The van der Waals surface area contributed by atoms with Gasteiger partial charge in [0.05, 0.1) is 18.8 Å². The number of carbonyl (C=O) groups is 1. The molecule has 5 N–H and O–H groups in total. The van der Waals surface area contributed by atoms with E-state index >= 15 is 0 Å². The average molecular weight is 227 g/mol. The molecule has 0 heterocycles. The first kappa shape index (κ1) is 14.6. The highest BCUT2D eigenvalue weighted by atomic mass is 16.4. The summed E-state index contributed by atoms with van der Waals surface area (Å²) in [7, 11) is 0. The van der Waals surface area contributed by atoms with Crippen LogP contribution in [0.25, 0.3) is 0 Å². The first-order chi connectivity index (χ1) is 7.49. The molecule has 0 fully saturated rings. The van der Waals surface area contributed by atoms with Gasteiger partial charge in [-0.25, -0.2) is 0 Å². The Kier molecular flexibility index (Phi) is 7.11. The molecule has 0 aliphatic heterocycles. The molecule has 2 atom stereocenters. The SMILES string of the molecule is CC(=O)O.NC(CO)C(O)c1ccccc1. The smallest absolute Gasteiger partial charge is 0.300 e. The molecule has 0 saturated carbocycles. The monoisotopic (exact) mass is 227 g/mol. The van der Waals surface area contributed by atoms with Gasteiger partial charge in [-0.15, -0.1) is 0 Å². The normalized spacial score (nSPS) is 13.2. The average Bonchev–Trinajstić information content (AvgIpc) is 2.27. The van der Waals surface area contributed by atoms with Crippen LogP contribution in [0.4, 0.5) is 0 Å². The Morgan fingerprint density at radius 1 is 1.38 bits per heavy atom. The van der Waals surface area contributed by atoms with Gasteiger partial charge >= 0.3 is 0 Å². The van der Waals surface area contributed by atoms with E-state index in [1.807, 2.05) is 18.2 Å². The van der Waals surface area contributed by atoms with E-state index in [1.54, 1.807) is 12.1 Å². The zero-order valence-electron chi connectivity index (χ0n) is 9.08. The molecule has 0 aliphatic carbocycles. The summed E-state index contributed by atoms with van der Waals surface area (Å²) in [5.74, 6) is -0.833. The molecule has 0 aromatic heterocycles. The van der Waals surface area contributed by atoms with E-state index in [4.69, 9.17) is 20.7 Å². The van der Waals surface area contributed by atoms with Crippen molar-refractivity contribution in [1.29, 1.82) is 0 Å². The van der Waals surface area contributed by atoms with Crippen LogP contribution >= 0.6 is 0 Å². The molecule has 1 aromatic rings. The molecule has 2 unspecified atom stereocenters. The van der Waals surface area contributed by atoms with Crippen LogP contribution in [0.5, 0.6) is 0 Å². The highest BCUT2D eigenvalue weighted by Crippen LogP contribution is 2.14. The molecule has 1 aromatic carbocycles. The fourth-order valence-corrected chi connectivity index (χ4v) is 0.997. The minimum Gasteiger partial charge on any atom is -0.481 e. The number of carboxylic acid groups (broad SMARTS) is 1. The van der Waals surface area contributed by atoms with Crippen LogP contribution in [-0.2, 0) is 4.79 Å². The molecule has 5 heteroatoms. The summed E-state index contributed by atoms with van der Waals surface area (Å²) >= 11 is 0. The lowest BCUT2D eigenvalue weighted by Crippen LogP contribution is -2.31. The van der Waals surface area contributed by atoms with E-state index in [2.05, 4.69) is 0 Å². The number of benzene rings is 1. The molecule has 0 spiro atoms. The fraction of sp³-hybridized carbons (Fsp3) is 0.364. The Morgan fingerprint density at radius 2 is 1.81 bits per heavy atom. The molecular formula is C11H17NO4. The summed E-state index contributed by atoms with van der Waals surface area (Å²) in [6.45, 7) is 0.871. The van der Waals surface area contributed by atoms with Crippen LogP contribution in [0, 0.1) is 0 Å². The Morgan fingerprint density at radius 3 is 2.19 bits per heavy atom. The summed E-state index contributed by atoms with van der Waals surface area (Å²) in [5.41, 5.74) is 6.18. The molecule has 0 radical (unpaired) electrons. The third kappa shape index (κ3) is 6.13. The Hall–Kier alpha value is -1.43. The molecular weight excluding hydrogens is 210 g/mol. The predicted octanol–water partition coefficient (Wildman–Crippen LogP) is 0.131. The number of hydrogen-bond acceptors (Lipinski definition) is 4. The maximum Gasteiger partial charge on any atom is 0.300 e. The molecule has 16 heavy (non-hydrogen) atoms. The van der Waals surface area contributed by atoms with E-state index in [9.17, 15) is 5.11 Å². The van der Waals surface area contributed by atoms with E-state index < -0.39 is 18.1 Å². The molecule has 90 valence electrons. The van der Waals surface area contributed by atoms with Crippen molar-refractivity contribution in [2.45, 2.75) is 19.1 Å². The van der Waals surface area contributed by atoms with Crippen molar-refractivity contribution in [3.63, 3.8) is 0 Å². The minimum absolute atomic E-state index is 0.212. The highest BCUT2D eigenvalue weighted by Gasteiger charge is 2.14. The van der Waals surface area contributed by atoms with Crippen LogP contribution in [0.1, 0.15) is 18.6 Å². The molecule has 0 saturated heterocycles. The fourth-order valence-electron chi connectivity index (χ4n) is 0.997. The summed E-state index contributed by atoms with van der Waals surface area (Å²) in [6.07, 6.45) is -0.781. The van der Waals surface area contributed by atoms with Gasteiger partial charge in [0.25, 0.3) is 5.97 Å². The van der Waals surface area contributed by atoms with Crippen molar-refractivity contribution in [2.75, 3.05) is 6.61 Å². The van der Waals surface area contributed by atoms with Crippen molar-refractivity contribution in [3.8, 4) is 0 Å². The van der Waals surface area contributed by atoms with Crippen molar-refractivity contribution < 1.29 is 20.1 Å². The number of aliphatic hydroxyl groups excluding tert-OH is 2. The molecule has 0 bridgehead atoms. The van der Waals surface area contributed by atoms with Gasteiger partial charge in [0.2, 0.25) is 0 Å². The van der Waals surface area contributed by atoms with E-state index in [0.717, 1.165) is 12.5 Å². The number of aliphatic carboxylic acids is 1. The van der Waals surface area contributed by atoms with Gasteiger partial charge < -0.3 is 21.1 Å². The van der Waals surface area contributed by atoms with Crippen molar-refractivity contribution in [2.24, 2.45) is 5.73 Å². The van der Waals surface area contributed by atoms with Crippen LogP contribution in [0.3, 0.4) is 0 Å². The largest absolute Gasteiger partial charge is 0.481 e. The van der Waals surface area contributed by atoms with Gasteiger partial charge in [0.15, 0.2) is 0 Å². The third-order valence-electron chi connectivity index (χ3n) is 1.76. The molecule has 1 rings (SSSR count). The second-order valence-electron chi connectivity index (χ2n) is 3.22. The minimum atomic E-state index is -0.833. The zero-order valence-corrected chi connectivity index (χ0v) is 9.08. The van der Waals surface area contributed by atoms with E-state index in [1.165, 1.54) is 0 Å². The molecule has 0 amide bonds. The molecule has 0 aliphatic rings. The van der Waals surface area contributed by atoms with Crippen LogP contribution < -0.4 is 5.73 Å². The quantitative estimate of drug-likeness (QED) is 0.587. The highest BCUT2D eigenvalue weighted by molar-refractivity contribution is 5.62.